The number of carbonyl (C=O) groups is 1. The number of amides is 2. The van der Waals surface area contributed by atoms with E-state index < -0.39 is 0 Å². The maximum atomic E-state index is 13.1. The van der Waals surface area contributed by atoms with Gasteiger partial charge < -0.3 is 10.6 Å². The molecule has 0 saturated heterocycles. The first-order valence-corrected chi connectivity index (χ1v) is 12.9. The molecule has 0 spiro atoms. The van der Waals surface area contributed by atoms with E-state index in [1.54, 1.807) is 0 Å². The van der Waals surface area contributed by atoms with Gasteiger partial charge in [0.2, 0.25) is 0 Å². The molecule has 2 rings (SSSR count). The number of rotatable bonds is 14. The lowest BCUT2D eigenvalue weighted by Gasteiger charge is -2.18. The third kappa shape index (κ3) is 8.00. The molecule has 2 N–H and O–H groups in total. The van der Waals surface area contributed by atoms with E-state index in [2.05, 4.69) is 74.7 Å². The van der Waals surface area contributed by atoms with Gasteiger partial charge in [-0.25, -0.2) is 4.79 Å². The van der Waals surface area contributed by atoms with Crippen LogP contribution >= 0.6 is 0 Å². The lowest BCUT2D eigenvalue weighted by Crippen LogP contribution is -2.22. The minimum Gasteiger partial charge on any atom is -0.307 e. The summed E-state index contributed by atoms with van der Waals surface area (Å²) in [6.45, 7) is 8.90. The van der Waals surface area contributed by atoms with Crippen LogP contribution in [0.15, 0.2) is 36.4 Å². The lowest BCUT2D eigenvalue weighted by atomic mass is 9.96. The predicted octanol–water partition coefficient (Wildman–Crippen LogP) is 8.70. The highest BCUT2D eigenvalue weighted by Gasteiger charge is 2.14. The van der Waals surface area contributed by atoms with Crippen LogP contribution in [0.2, 0.25) is 0 Å². The van der Waals surface area contributed by atoms with Crippen LogP contribution in [0.3, 0.4) is 0 Å². The molecule has 0 heterocycles. The van der Waals surface area contributed by atoms with Crippen molar-refractivity contribution in [3.8, 4) is 0 Å². The molecular weight excluding hydrogens is 392 g/mol. The zero-order valence-corrected chi connectivity index (χ0v) is 20.9. The summed E-state index contributed by atoms with van der Waals surface area (Å²) >= 11 is 0. The molecule has 3 nitrogen and oxygen atoms in total. The van der Waals surface area contributed by atoms with Crippen LogP contribution in [-0.2, 0) is 25.7 Å². The first-order valence-electron chi connectivity index (χ1n) is 12.9. The number of anilines is 2. The zero-order valence-electron chi connectivity index (χ0n) is 20.9. The van der Waals surface area contributed by atoms with Crippen LogP contribution in [0.4, 0.5) is 16.2 Å². The van der Waals surface area contributed by atoms with E-state index in [9.17, 15) is 4.79 Å². The van der Waals surface area contributed by atoms with Crippen molar-refractivity contribution >= 4 is 17.4 Å². The van der Waals surface area contributed by atoms with E-state index in [4.69, 9.17) is 0 Å². The molecule has 32 heavy (non-hydrogen) atoms. The second-order valence-corrected chi connectivity index (χ2v) is 8.88. The summed E-state index contributed by atoms with van der Waals surface area (Å²) in [5, 5.41) is 6.36. The van der Waals surface area contributed by atoms with Crippen molar-refractivity contribution in [2.45, 2.75) is 105 Å². The average Bonchev–Trinajstić information content (AvgIpc) is 2.80. The summed E-state index contributed by atoms with van der Waals surface area (Å²) in [4.78, 5) is 13.1. The molecule has 2 amide bonds. The first-order chi connectivity index (χ1) is 15.6. The van der Waals surface area contributed by atoms with E-state index >= 15 is 0 Å². The third-order valence-electron chi connectivity index (χ3n) is 6.20. The van der Waals surface area contributed by atoms with Gasteiger partial charge in [-0.3, -0.25) is 0 Å². The van der Waals surface area contributed by atoms with Gasteiger partial charge in [0.1, 0.15) is 0 Å². The molecule has 0 aliphatic rings. The maximum absolute atomic E-state index is 13.1. The molecule has 3 heteroatoms. The van der Waals surface area contributed by atoms with Crippen LogP contribution in [0.1, 0.15) is 101 Å². The molecule has 2 aromatic carbocycles. The van der Waals surface area contributed by atoms with Crippen molar-refractivity contribution in [1.82, 2.24) is 0 Å². The fraction of sp³-hybridized carbons (Fsp3) is 0.552. The number of benzene rings is 2. The Morgan fingerprint density at radius 2 is 0.969 bits per heavy atom. The van der Waals surface area contributed by atoms with Crippen molar-refractivity contribution in [3.63, 3.8) is 0 Å². The highest BCUT2D eigenvalue weighted by Crippen LogP contribution is 2.27. The standard InChI is InChI=1S/C29H44N2O/c1-5-9-15-23-17-13-21-27(25(23)19-11-7-3)30-29(32)31-28-22-14-18-24(16-10-6-2)26(28)20-12-8-4/h13-14,17-18,21-22H,5-12,15-16,19-20H2,1-4H3,(H2,30,31,32). The Kier molecular flexibility index (Phi) is 11.9. The highest BCUT2D eigenvalue weighted by atomic mass is 16.2. The molecule has 0 atom stereocenters. The second kappa shape index (κ2) is 14.7. The summed E-state index contributed by atoms with van der Waals surface area (Å²) in [7, 11) is 0. The maximum Gasteiger partial charge on any atom is 0.323 e. The van der Waals surface area contributed by atoms with Crippen molar-refractivity contribution < 1.29 is 4.79 Å². The Hall–Kier alpha value is -2.29. The SMILES string of the molecule is CCCCc1cccc(NC(=O)Nc2cccc(CCCC)c2CCCC)c1CCCC. The van der Waals surface area contributed by atoms with Crippen molar-refractivity contribution in [1.29, 1.82) is 0 Å². The molecule has 2 aromatic rings. The highest BCUT2D eigenvalue weighted by molar-refractivity contribution is 6.00. The molecule has 0 unspecified atom stereocenters. The van der Waals surface area contributed by atoms with Gasteiger partial charge in [0.15, 0.2) is 0 Å². The average molecular weight is 437 g/mol. The minimum atomic E-state index is -0.138. The van der Waals surface area contributed by atoms with Gasteiger partial charge in [0.25, 0.3) is 0 Å². The molecule has 0 bridgehead atoms. The molecule has 0 radical (unpaired) electrons. The number of hydrogen-bond donors (Lipinski definition) is 2. The number of hydrogen-bond acceptors (Lipinski definition) is 1. The van der Waals surface area contributed by atoms with Gasteiger partial charge >= 0.3 is 6.03 Å². The number of carbonyl (C=O) groups excluding carboxylic acids is 1. The van der Waals surface area contributed by atoms with Gasteiger partial charge in [-0.15, -0.1) is 0 Å². The molecular formula is C29H44N2O. The Morgan fingerprint density at radius 1 is 0.594 bits per heavy atom. The Morgan fingerprint density at radius 3 is 1.34 bits per heavy atom. The Labute approximate surface area is 196 Å². The molecule has 176 valence electrons. The van der Waals surface area contributed by atoms with Crippen LogP contribution in [-0.4, -0.2) is 6.03 Å². The molecule has 0 aliphatic carbocycles. The number of unbranched alkanes of at least 4 members (excludes halogenated alkanes) is 4. The van der Waals surface area contributed by atoms with Crippen molar-refractivity contribution in [2.75, 3.05) is 10.6 Å². The number of nitrogens with one attached hydrogen (secondary N) is 2. The third-order valence-corrected chi connectivity index (χ3v) is 6.20. The number of urea groups is 1. The van der Waals surface area contributed by atoms with E-state index in [1.807, 2.05) is 0 Å². The van der Waals surface area contributed by atoms with Crippen molar-refractivity contribution in [3.05, 3.63) is 58.7 Å². The summed E-state index contributed by atoms with van der Waals surface area (Å²) in [5.41, 5.74) is 7.29. The predicted molar refractivity (Wildman–Crippen MR) is 140 cm³/mol. The van der Waals surface area contributed by atoms with Crippen molar-refractivity contribution in [2.24, 2.45) is 0 Å². The van der Waals surface area contributed by atoms with Crippen LogP contribution in [0.5, 0.6) is 0 Å². The van der Waals surface area contributed by atoms with Crippen LogP contribution in [0.25, 0.3) is 0 Å². The summed E-state index contributed by atoms with van der Waals surface area (Å²) < 4.78 is 0. The zero-order chi connectivity index (χ0) is 23.2. The van der Waals surface area contributed by atoms with E-state index in [1.165, 1.54) is 47.9 Å². The largest absolute Gasteiger partial charge is 0.323 e. The Balaban J connectivity index is 2.23. The van der Waals surface area contributed by atoms with E-state index in [-0.39, 0.29) is 6.03 Å². The van der Waals surface area contributed by atoms with Crippen LogP contribution < -0.4 is 10.6 Å². The van der Waals surface area contributed by atoms with Crippen LogP contribution in [0, 0.1) is 0 Å². The van der Waals surface area contributed by atoms with Gasteiger partial charge in [-0.1, -0.05) is 77.6 Å². The molecule has 0 saturated carbocycles. The van der Waals surface area contributed by atoms with Gasteiger partial charge in [-0.2, -0.15) is 0 Å². The second-order valence-electron chi connectivity index (χ2n) is 8.88. The quantitative estimate of drug-likeness (QED) is 0.305. The van der Waals surface area contributed by atoms with E-state index in [0.717, 1.165) is 62.7 Å². The topological polar surface area (TPSA) is 41.1 Å². The Bertz CT molecular complexity index is 760. The first kappa shape index (κ1) is 26.0. The fourth-order valence-corrected chi connectivity index (χ4v) is 4.28. The van der Waals surface area contributed by atoms with Gasteiger partial charge in [0, 0.05) is 11.4 Å². The van der Waals surface area contributed by atoms with Gasteiger partial charge in [-0.05, 0) is 85.8 Å². The van der Waals surface area contributed by atoms with Gasteiger partial charge in [0.05, 0.1) is 0 Å². The normalized spacial score (nSPS) is 10.9. The van der Waals surface area contributed by atoms with E-state index in [0.29, 0.717) is 0 Å². The monoisotopic (exact) mass is 436 g/mol. The minimum absolute atomic E-state index is 0.138. The number of aryl methyl sites for hydroxylation is 2. The fourth-order valence-electron chi connectivity index (χ4n) is 4.28. The lowest BCUT2D eigenvalue weighted by molar-refractivity contribution is 0.262. The summed E-state index contributed by atoms with van der Waals surface area (Å²) in [6.07, 6.45) is 13.5. The smallest absolute Gasteiger partial charge is 0.307 e. The molecule has 0 fully saturated rings. The molecule has 0 aliphatic heterocycles. The molecule has 0 aromatic heterocycles. The summed E-state index contributed by atoms with van der Waals surface area (Å²) in [6, 6.07) is 12.6. The summed E-state index contributed by atoms with van der Waals surface area (Å²) in [5.74, 6) is 0.